The molecule has 1 aromatic heterocycles. The van der Waals surface area contributed by atoms with E-state index in [2.05, 4.69) is 4.98 Å². The van der Waals surface area contributed by atoms with E-state index in [9.17, 15) is 19.8 Å². The maximum atomic E-state index is 13.1. The second kappa shape index (κ2) is 11.8. The zero-order chi connectivity index (χ0) is 25.6. The molecule has 7 heteroatoms. The number of carbonyl (C=O) groups excluding carboxylic acids is 2. The molecule has 0 spiro atoms. The van der Waals surface area contributed by atoms with Crippen LogP contribution in [-0.2, 0) is 14.3 Å². The van der Waals surface area contributed by atoms with E-state index in [0.29, 0.717) is 24.4 Å². The Hall–Kier alpha value is -2.51. The summed E-state index contributed by atoms with van der Waals surface area (Å²) in [7, 11) is 0. The number of cyclic esters (lactones) is 1. The van der Waals surface area contributed by atoms with Crippen LogP contribution in [0.2, 0.25) is 0 Å². The molecule has 0 saturated carbocycles. The molecule has 0 bridgehead atoms. The Balaban J connectivity index is 2.38. The second-order valence-electron chi connectivity index (χ2n) is 10.0. The van der Waals surface area contributed by atoms with Gasteiger partial charge < -0.3 is 19.4 Å². The highest BCUT2D eigenvalue weighted by Gasteiger charge is 2.42. The first-order valence-electron chi connectivity index (χ1n) is 11.9. The van der Waals surface area contributed by atoms with Gasteiger partial charge in [0.25, 0.3) is 0 Å². The van der Waals surface area contributed by atoms with Crippen molar-refractivity contribution in [3.63, 3.8) is 0 Å². The first-order chi connectivity index (χ1) is 15.8. The van der Waals surface area contributed by atoms with E-state index in [1.165, 1.54) is 6.26 Å². The summed E-state index contributed by atoms with van der Waals surface area (Å²) in [6.07, 6.45) is 7.33. The third kappa shape index (κ3) is 7.24. The van der Waals surface area contributed by atoms with Gasteiger partial charge in [-0.25, -0.2) is 4.98 Å². The molecule has 7 nitrogen and oxygen atoms in total. The molecule has 0 saturated heterocycles. The number of esters is 1. The molecule has 1 aliphatic rings. The minimum atomic E-state index is -1.24. The summed E-state index contributed by atoms with van der Waals surface area (Å²) in [6.45, 7) is 12.3. The number of Topliss-reactive ketones (excluding diaryl/α,β-unsaturated/α-hetero) is 1. The molecule has 0 unspecified atom stereocenters. The molecule has 2 rings (SSSR count). The number of aromatic nitrogens is 1. The average molecular weight is 474 g/mol. The number of ether oxygens (including phenoxy) is 1. The fourth-order valence-corrected chi connectivity index (χ4v) is 4.09. The molecule has 34 heavy (non-hydrogen) atoms. The van der Waals surface area contributed by atoms with Crippen molar-refractivity contribution in [2.45, 2.75) is 86.0 Å². The largest absolute Gasteiger partial charge is 0.457 e. The van der Waals surface area contributed by atoms with Gasteiger partial charge in [0.1, 0.15) is 23.8 Å². The van der Waals surface area contributed by atoms with Gasteiger partial charge >= 0.3 is 5.97 Å². The molecule has 0 aliphatic carbocycles. The van der Waals surface area contributed by atoms with Crippen molar-refractivity contribution in [2.75, 3.05) is 0 Å². The Morgan fingerprint density at radius 2 is 1.85 bits per heavy atom. The number of aliphatic hydroxyl groups excluding tert-OH is 2. The smallest absolute Gasteiger partial charge is 0.309 e. The van der Waals surface area contributed by atoms with Gasteiger partial charge in [-0.2, -0.15) is 0 Å². The van der Waals surface area contributed by atoms with E-state index >= 15 is 0 Å². The quantitative estimate of drug-likeness (QED) is 0.605. The Morgan fingerprint density at radius 1 is 1.18 bits per heavy atom. The molecule has 0 radical (unpaired) electrons. The Labute approximate surface area is 202 Å². The number of ketones is 1. The third-order valence-corrected chi connectivity index (χ3v) is 6.67. The number of aryl methyl sites for hydroxylation is 1. The molecule has 5 atom stereocenters. The number of nitrogens with zero attached hydrogens (tertiary/aromatic N) is 1. The van der Waals surface area contributed by atoms with Crippen molar-refractivity contribution in [1.82, 2.24) is 4.98 Å². The molecule has 188 valence electrons. The van der Waals surface area contributed by atoms with Gasteiger partial charge in [-0.1, -0.05) is 51.5 Å². The van der Waals surface area contributed by atoms with Gasteiger partial charge in [0.05, 0.1) is 24.0 Å². The van der Waals surface area contributed by atoms with Crippen molar-refractivity contribution < 1.29 is 29.0 Å². The topological polar surface area (TPSA) is 110 Å². The van der Waals surface area contributed by atoms with E-state index in [-0.39, 0.29) is 18.1 Å². The summed E-state index contributed by atoms with van der Waals surface area (Å²) >= 11 is 0. The Bertz CT molecular complexity index is 954. The lowest BCUT2D eigenvalue weighted by Gasteiger charge is -2.34. The molecule has 2 N–H and O–H groups in total. The van der Waals surface area contributed by atoms with Crippen molar-refractivity contribution in [3.8, 4) is 0 Å². The van der Waals surface area contributed by atoms with Crippen molar-refractivity contribution in [3.05, 3.63) is 47.2 Å². The predicted octanol–water partition coefficient (Wildman–Crippen LogP) is 4.57. The van der Waals surface area contributed by atoms with Gasteiger partial charge in [0.2, 0.25) is 0 Å². The highest BCUT2D eigenvalue weighted by molar-refractivity contribution is 5.88. The Morgan fingerprint density at radius 3 is 2.47 bits per heavy atom. The zero-order valence-electron chi connectivity index (χ0n) is 21.4. The standard InChI is InChI=1S/C27H39NO6/c1-16-9-8-10-17(2)25(31)19(4)26(32)27(6,7)23(29)14-24(30)34-22(12-11-16)18(3)13-21-15-33-20(5)28-21/h8-9,11,13,15,17,19,22-23,25,29,31H,10,12,14H2,1-7H3/b9-8+,16-11-,18-13+/t17-,19+,22-,23-,25-/m0/s1. The summed E-state index contributed by atoms with van der Waals surface area (Å²) < 4.78 is 11.0. The second-order valence-corrected chi connectivity index (χ2v) is 10.0. The van der Waals surface area contributed by atoms with Crippen molar-refractivity contribution in [1.29, 1.82) is 0 Å². The lowest BCUT2D eigenvalue weighted by atomic mass is 9.73. The highest BCUT2D eigenvalue weighted by Crippen LogP contribution is 2.32. The first-order valence-corrected chi connectivity index (χ1v) is 11.9. The van der Waals surface area contributed by atoms with Crippen LogP contribution >= 0.6 is 0 Å². The molecular weight excluding hydrogens is 434 g/mol. The molecule has 0 amide bonds. The number of rotatable bonds is 2. The lowest BCUT2D eigenvalue weighted by molar-refractivity contribution is -0.154. The maximum absolute atomic E-state index is 13.1. The lowest BCUT2D eigenvalue weighted by Crippen LogP contribution is -2.45. The number of carbonyl (C=O) groups is 2. The van der Waals surface area contributed by atoms with Crippen LogP contribution in [0.1, 0.15) is 72.4 Å². The first kappa shape index (κ1) is 27.7. The normalized spacial score (nSPS) is 32.6. The van der Waals surface area contributed by atoms with E-state index in [1.807, 2.05) is 39.0 Å². The van der Waals surface area contributed by atoms with Gasteiger partial charge in [-0.05, 0) is 37.8 Å². The molecule has 1 aromatic rings. The average Bonchev–Trinajstić information content (AvgIpc) is 3.18. The van der Waals surface area contributed by atoms with Gasteiger partial charge in [-0.15, -0.1) is 0 Å². The van der Waals surface area contributed by atoms with Crippen LogP contribution in [0.5, 0.6) is 0 Å². The van der Waals surface area contributed by atoms with Crippen LogP contribution in [0.25, 0.3) is 6.08 Å². The van der Waals surface area contributed by atoms with Crippen LogP contribution in [0, 0.1) is 24.2 Å². The summed E-state index contributed by atoms with van der Waals surface area (Å²) in [6, 6.07) is 0. The monoisotopic (exact) mass is 473 g/mol. The number of allylic oxidation sites excluding steroid dienone is 3. The van der Waals surface area contributed by atoms with Crippen molar-refractivity contribution >= 4 is 17.8 Å². The number of hydrogen-bond acceptors (Lipinski definition) is 7. The Kier molecular flexibility index (Phi) is 9.59. The van der Waals surface area contributed by atoms with Crippen LogP contribution in [0.4, 0.5) is 0 Å². The van der Waals surface area contributed by atoms with Gasteiger partial charge in [0.15, 0.2) is 5.89 Å². The minimum absolute atomic E-state index is 0.141. The van der Waals surface area contributed by atoms with E-state index in [0.717, 1.165) is 11.1 Å². The summed E-state index contributed by atoms with van der Waals surface area (Å²) in [5.41, 5.74) is 1.18. The highest BCUT2D eigenvalue weighted by atomic mass is 16.5. The molecule has 0 aromatic carbocycles. The number of oxazole rings is 1. The summed E-state index contributed by atoms with van der Waals surface area (Å²) in [5, 5.41) is 21.5. The summed E-state index contributed by atoms with van der Waals surface area (Å²) in [4.78, 5) is 30.2. The van der Waals surface area contributed by atoms with Crippen LogP contribution in [0.3, 0.4) is 0 Å². The maximum Gasteiger partial charge on any atom is 0.309 e. The van der Waals surface area contributed by atoms with Crippen LogP contribution < -0.4 is 0 Å². The fraction of sp³-hybridized carbons (Fsp3) is 0.593. The molecular formula is C27H39NO6. The zero-order valence-corrected chi connectivity index (χ0v) is 21.4. The minimum Gasteiger partial charge on any atom is -0.457 e. The van der Waals surface area contributed by atoms with Crippen molar-refractivity contribution in [2.24, 2.45) is 17.3 Å². The number of aliphatic hydroxyl groups is 2. The van der Waals surface area contributed by atoms with E-state index in [4.69, 9.17) is 9.15 Å². The van der Waals surface area contributed by atoms with E-state index in [1.54, 1.807) is 33.8 Å². The van der Waals surface area contributed by atoms with Gasteiger partial charge in [0, 0.05) is 19.3 Å². The SMILES string of the molecule is CC1=C/C[C@@H](/C(C)=C/c2coc(C)n2)OC(=O)C[C@H](O)C(C)(C)C(=O)[C@H](C)[C@@H](O)[C@@H](C)C\C=C\1. The predicted molar refractivity (Wildman–Crippen MR) is 131 cm³/mol. The third-order valence-electron chi connectivity index (χ3n) is 6.67. The molecule has 0 fully saturated rings. The summed E-state index contributed by atoms with van der Waals surface area (Å²) in [5.74, 6) is -1.17. The van der Waals surface area contributed by atoms with Gasteiger partial charge in [-0.3, -0.25) is 9.59 Å². The number of hydrogen-bond donors (Lipinski definition) is 2. The van der Waals surface area contributed by atoms with Crippen LogP contribution in [-0.4, -0.2) is 45.3 Å². The van der Waals surface area contributed by atoms with E-state index < -0.39 is 35.6 Å². The molecule has 2 heterocycles. The fourth-order valence-electron chi connectivity index (χ4n) is 4.09. The van der Waals surface area contributed by atoms with Crippen LogP contribution in [0.15, 0.2) is 40.1 Å². The molecule has 1 aliphatic heterocycles.